The van der Waals surface area contributed by atoms with E-state index in [2.05, 4.69) is 26.6 Å². The monoisotopic (exact) mass is 336 g/mol. The van der Waals surface area contributed by atoms with Crippen LogP contribution in [0.15, 0.2) is 28.7 Å². The summed E-state index contributed by atoms with van der Waals surface area (Å²) in [5.74, 6) is 2.73. The van der Waals surface area contributed by atoms with Gasteiger partial charge in [0.2, 0.25) is 5.91 Å². The lowest BCUT2D eigenvalue weighted by Crippen LogP contribution is -2.33. The molecule has 3 nitrogen and oxygen atoms in total. The van der Waals surface area contributed by atoms with Gasteiger partial charge >= 0.3 is 0 Å². The fourth-order valence-corrected chi connectivity index (χ4v) is 4.00. The average Bonchev–Trinajstić information content (AvgIpc) is 3.04. The summed E-state index contributed by atoms with van der Waals surface area (Å²) in [4.78, 5) is 11.8. The van der Waals surface area contributed by atoms with E-state index in [1.165, 1.54) is 25.7 Å². The van der Waals surface area contributed by atoms with Crippen LogP contribution in [0.5, 0.6) is 0 Å². The van der Waals surface area contributed by atoms with Gasteiger partial charge < -0.3 is 10.6 Å². The number of hydrogen-bond acceptors (Lipinski definition) is 2. The summed E-state index contributed by atoms with van der Waals surface area (Å²) < 4.78 is 1.02. The Bertz CT molecular complexity index is 474. The second kappa shape index (κ2) is 6.27. The second-order valence-corrected chi connectivity index (χ2v) is 7.04. The number of carbonyl (C=O) groups excluding carboxylic acids is 1. The van der Waals surface area contributed by atoms with Crippen molar-refractivity contribution in [1.29, 1.82) is 0 Å². The molecular weight excluding hydrogens is 316 g/mol. The molecular formula is C16H21BrN2O. The van der Waals surface area contributed by atoms with Gasteiger partial charge in [-0.05, 0) is 67.8 Å². The zero-order valence-electron chi connectivity index (χ0n) is 11.6. The molecule has 0 heterocycles. The predicted octanol–water partition coefficient (Wildman–Crippen LogP) is 3.41. The third-order valence-electron chi connectivity index (χ3n) is 4.70. The van der Waals surface area contributed by atoms with Gasteiger partial charge in [0.05, 0.1) is 6.54 Å². The molecule has 0 spiro atoms. The van der Waals surface area contributed by atoms with Crippen LogP contribution in [0, 0.1) is 17.8 Å². The van der Waals surface area contributed by atoms with E-state index < -0.39 is 0 Å². The lowest BCUT2D eigenvalue weighted by atomic mass is 9.89. The van der Waals surface area contributed by atoms with E-state index in [-0.39, 0.29) is 5.91 Å². The van der Waals surface area contributed by atoms with Gasteiger partial charge in [-0.25, -0.2) is 0 Å². The molecule has 20 heavy (non-hydrogen) atoms. The summed E-state index contributed by atoms with van der Waals surface area (Å²) in [7, 11) is 0. The Hall–Kier alpha value is -0.870. The number of halogens is 1. The Balaban J connectivity index is 1.38. The van der Waals surface area contributed by atoms with Gasteiger partial charge in [0.1, 0.15) is 0 Å². The van der Waals surface area contributed by atoms with E-state index in [9.17, 15) is 4.79 Å². The highest BCUT2D eigenvalue weighted by atomic mass is 79.9. The van der Waals surface area contributed by atoms with Crippen molar-refractivity contribution < 1.29 is 4.79 Å². The standard InChI is InChI=1S/C16H21BrN2O/c17-14-3-5-15(6-4-14)19-16(20)10-18-9-13-8-11-1-2-12(13)7-11/h3-6,11-13,18H,1-2,7-10H2,(H,19,20). The van der Waals surface area contributed by atoms with Crippen LogP contribution in [-0.2, 0) is 4.79 Å². The van der Waals surface area contributed by atoms with E-state index in [1.54, 1.807) is 0 Å². The molecule has 1 aromatic rings. The fraction of sp³-hybridized carbons (Fsp3) is 0.562. The Morgan fingerprint density at radius 3 is 2.65 bits per heavy atom. The number of nitrogens with one attached hydrogen (secondary N) is 2. The Morgan fingerprint density at radius 2 is 2.00 bits per heavy atom. The number of fused-ring (bicyclic) bond motifs is 2. The molecule has 0 aromatic heterocycles. The molecule has 2 aliphatic rings. The van der Waals surface area contributed by atoms with Crippen LogP contribution in [0.3, 0.4) is 0 Å². The minimum Gasteiger partial charge on any atom is -0.325 e. The molecule has 2 saturated carbocycles. The number of benzene rings is 1. The van der Waals surface area contributed by atoms with Gasteiger partial charge in [0.15, 0.2) is 0 Å². The van der Waals surface area contributed by atoms with Crippen LogP contribution in [0.1, 0.15) is 25.7 Å². The molecule has 4 heteroatoms. The molecule has 2 bridgehead atoms. The van der Waals surface area contributed by atoms with Crippen molar-refractivity contribution in [2.75, 3.05) is 18.4 Å². The smallest absolute Gasteiger partial charge is 0.238 e. The van der Waals surface area contributed by atoms with E-state index >= 15 is 0 Å². The molecule has 2 N–H and O–H groups in total. The van der Waals surface area contributed by atoms with Crippen molar-refractivity contribution in [2.45, 2.75) is 25.7 Å². The van der Waals surface area contributed by atoms with Crippen LogP contribution in [0.4, 0.5) is 5.69 Å². The molecule has 3 unspecified atom stereocenters. The highest BCUT2D eigenvalue weighted by Gasteiger charge is 2.38. The third kappa shape index (κ3) is 3.41. The SMILES string of the molecule is O=C(CNCC1CC2CCC1C2)Nc1ccc(Br)cc1. The minimum absolute atomic E-state index is 0.0375. The van der Waals surface area contributed by atoms with Crippen molar-refractivity contribution in [2.24, 2.45) is 17.8 Å². The van der Waals surface area contributed by atoms with Crippen LogP contribution in [0.2, 0.25) is 0 Å². The topological polar surface area (TPSA) is 41.1 Å². The maximum atomic E-state index is 11.8. The first-order chi connectivity index (χ1) is 9.70. The molecule has 1 amide bonds. The minimum atomic E-state index is 0.0375. The maximum absolute atomic E-state index is 11.8. The predicted molar refractivity (Wildman–Crippen MR) is 84.6 cm³/mol. The number of carbonyl (C=O) groups is 1. The quantitative estimate of drug-likeness (QED) is 0.864. The van der Waals surface area contributed by atoms with Crippen LogP contribution < -0.4 is 10.6 Å². The third-order valence-corrected chi connectivity index (χ3v) is 5.23. The van der Waals surface area contributed by atoms with E-state index in [0.29, 0.717) is 6.54 Å². The van der Waals surface area contributed by atoms with Gasteiger partial charge in [-0.1, -0.05) is 22.4 Å². The van der Waals surface area contributed by atoms with E-state index in [4.69, 9.17) is 0 Å². The normalized spacial score (nSPS) is 27.8. The first-order valence-electron chi connectivity index (χ1n) is 7.47. The molecule has 3 rings (SSSR count). The zero-order chi connectivity index (χ0) is 13.9. The van der Waals surface area contributed by atoms with Crippen molar-refractivity contribution in [1.82, 2.24) is 5.32 Å². The van der Waals surface area contributed by atoms with Crippen molar-refractivity contribution in [3.63, 3.8) is 0 Å². The first kappa shape index (κ1) is 14.1. The lowest BCUT2D eigenvalue weighted by Gasteiger charge is -2.21. The summed E-state index contributed by atoms with van der Waals surface area (Å²) >= 11 is 3.38. The number of rotatable bonds is 5. The highest BCUT2D eigenvalue weighted by molar-refractivity contribution is 9.10. The lowest BCUT2D eigenvalue weighted by molar-refractivity contribution is -0.115. The Labute approximate surface area is 128 Å². The molecule has 3 atom stereocenters. The van der Waals surface area contributed by atoms with Crippen molar-refractivity contribution >= 4 is 27.5 Å². The second-order valence-electron chi connectivity index (χ2n) is 6.12. The highest BCUT2D eigenvalue weighted by Crippen LogP contribution is 2.47. The maximum Gasteiger partial charge on any atom is 0.238 e. The van der Waals surface area contributed by atoms with Gasteiger partial charge in [-0.3, -0.25) is 4.79 Å². The van der Waals surface area contributed by atoms with Gasteiger partial charge in [-0.2, -0.15) is 0 Å². The molecule has 2 fully saturated rings. The molecule has 0 aliphatic heterocycles. The summed E-state index contributed by atoms with van der Waals surface area (Å²) in [6.07, 6.45) is 5.64. The van der Waals surface area contributed by atoms with E-state index in [0.717, 1.165) is 34.5 Å². The largest absolute Gasteiger partial charge is 0.325 e. The average molecular weight is 337 g/mol. The van der Waals surface area contributed by atoms with Gasteiger partial charge in [0.25, 0.3) is 0 Å². The first-order valence-corrected chi connectivity index (χ1v) is 8.26. The number of amides is 1. The molecule has 0 radical (unpaired) electrons. The molecule has 108 valence electrons. The molecule has 0 saturated heterocycles. The van der Waals surface area contributed by atoms with Crippen LogP contribution >= 0.6 is 15.9 Å². The summed E-state index contributed by atoms with van der Waals surface area (Å²) in [6, 6.07) is 7.66. The van der Waals surface area contributed by atoms with Gasteiger partial charge in [0, 0.05) is 10.2 Å². The zero-order valence-corrected chi connectivity index (χ0v) is 13.2. The van der Waals surface area contributed by atoms with Gasteiger partial charge in [-0.15, -0.1) is 0 Å². The number of anilines is 1. The van der Waals surface area contributed by atoms with E-state index in [1.807, 2.05) is 24.3 Å². The molecule has 1 aromatic carbocycles. The van der Waals surface area contributed by atoms with Crippen LogP contribution in [0.25, 0.3) is 0 Å². The summed E-state index contributed by atoms with van der Waals surface area (Å²) in [5, 5.41) is 6.23. The summed E-state index contributed by atoms with van der Waals surface area (Å²) in [5.41, 5.74) is 0.847. The van der Waals surface area contributed by atoms with Crippen molar-refractivity contribution in [3.05, 3.63) is 28.7 Å². The summed E-state index contributed by atoms with van der Waals surface area (Å²) in [6.45, 7) is 1.40. The number of hydrogen-bond donors (Lipinski definition) is 2. The Kier molecular flexibility index (Phi) is 4.41. The van der Waals surface area contributed by atoms with Crippen LogP contribution in [-0.4, -0.2) is 19.0 Å². The Morgan fingerprint density at radius 1 is 1.20 bits per heavy atom. The molecule has 2 aliphatic carbocycles. The fourth-order valence-electron chi connectivity index (χ4n) is 3.74. The van der Waals surface area contributed by atoms with Crippen molar-refractivity contribution in [3.8, 4) is 0 Å².